The molecule has 0 aliphatic rings. The minimum Gasteiger partial charge on any atom is -0.349 e. The number of rotatable bonds is 3. The molecule has 0 aliphatic heterocycles. The highest BCUT2D eigenvalue weighted by Gasteiger charge is 2.12. The van der Waals surface area contributed by atoms with Gasteiger partial charge in [0.25, 0.3) is 5.91 Å². The molecule has 0 spiro atoms. The van der Waals surface area contributed by atoms with Crippen LogP contribution in [0.25, 0.3) is 0 Å². The minimum atomic E-state index is -0.0392. The maximum Gasteiger partial charge on any atom is 0.251 e. The number of benzene rings is 1. The normalized spacial score (nSPS) is 11.7. The van der Waals surface area contributed by atoms with Gasteiger partial charge in [0.2, 0.25) is 0 Å². The lowest BCUT2D eigenvalue weighted by Gasteiger charge is -2.17. The molecule has 0 fully saturated rings. The van der Waals surface area contributed by atoms with Crippen LogP contribution >= 0.6 is 0 Å². The second-order valence-electron chi connectivity index (χ2n) is 5.04. The Kier molecular flexibility index (Phi) is 5.59. The van der Waals surface area contributed by atoms with E-state index >= 15 is 0 Å². The zero-order valence-corrected chi connectivity index (χ0v) is 12.1. The molecule has 1 unspecified atom stereocenters. The van der Waals surface area contributed by atoms with E-state index in [1.807, 2.05) is 26.0 Å². The Morgan fingerprint density at radius 1 is 1.37 bits per heavy atom. The molecule has 3 N–H and O–H groups in total. The molecule has 0 aliphatic carbocycles. The van der Waals surface area contributed by atoms with E-state index in [4.69, 9.17) is 5.73 Å². The Labute approximate surface area is 115 Å². The Bertz CT molecular complexity index is 509. The largest absolute Gasteiger partial charge is 0.349 e. The molecular formula is C16H22N2O. The van der Waals surface area contributed by atoms with Gasteiger partial charge in [-0.05, 0) is 43.5 Å². The monoisotopic (exact) mass is 258 g/mol. The summed E-state index contributed by atoms with van der Waals surface area (Å²) in [7, 11) is 0. The van der Waals surface area contributed by atoms with Gasteiger partial charge in [0, 0.05) is 17.2 Å². The van der Waals surface area contributed by atoms with Gasteiger partial charge in [-0.25, -0.2) is 0 Å². The van der Waals surface area contributed by atoms with Crippen LogP contribution in [0.1, 0.15) is 42.3 Å². The third kappa shape index (κ3) is 4.42. The van der Waals surface area contributed by atoms with Gasteiger partial charge in [-0.15, -0.1) is 0 Å². The Morgan fingerprint density at radius 2 is 2.05 bits per heavy atom. The zero-order valence-electron chi connectivity index (χ0n) is 12.1. The third-order valence-corrected chi connectivity index (χ3v) is 3.17. The number of carbonyl (C=O) groups is 1. The van der Waals surface area contributed by atoms with Crippen LogP contribution in [0.15, 0.2) is 18.2 Å². The average molecular weight is 258 g/mol. The fourth-order valence-electron chi connectivity index (χ4n) is 1.55. The SMILES string of the molecule is Cc1cc(C(=O)NC(C)C(C)C)ccc1C#CCN. The van der Waals surface area contributed by atoms with Crippen LogP contribution < -0.4 is 11.1 Å². The molecule has 0 radical (unpaired) electrons. The van der Waals surface area contributed by atoms with Crippen molar-refractivity contribution in [3.63, 3.8) is 0 Å². The van der Waals surface area contributed by atoms with Crippen LogP contribution in [0.4, 0.5) is 0 Å². The first-order valence-electron chi connectivity index (χ1n) is 6.56. The molecule has 1 aromatic carbocycles. The lowest BCUT2D eigenvalue weighted by molar-refractivity contribution is 0.0930. The first-order chi connectivity index (χ1) is 8.95. The summed E-state index contributed by atoms with van der Waals surface area (Å²) in [4.78, 5) is 12.1. The van der Waals surface area contributed by atoms with E-state index in [0.29, 0.717) is 18.0 Å². The number of nitrogens with two attached hydrogens (primary N) is 1. The van der Waals surface area contributed by atoms with E-state index < -0.39 is 0 Å². The van der Waals surface area contributed by atoms with E-state index in [1.165, 1.54) is 0 Å². The maximum absolute atomic E-state index is 12.1. The van der Waals surface area contributed by atoms with E-state index in [1.54, 1.807) is 6.07 Å². The summed E-state index contributed by atoms with van der Waals surface area (Å²) in [5.41, 5.74) is 7.93. The molecule has 0 saturated heterocycles. The highest BCUT2D eigenvalue weighted by atomic mass is 16.1. The van der Waals surface area contributed by atoms with Gasteiger partial charge < -0.3 is 11.1 Å². The Morgan fingerprint density at radius 3 is 2.58 bits per heavy atom. The van der Waals surface area contributed by atoms with Gasteiger partial charge in [-0.2, -0.15) is 0 Å². The third-order valence-electron chi connectivity index (χ3n) is 3.17. The van der Waals surface area contributed by atoms with E-state index in [-0.39, 0.29) is 11.9 Å². The highest BCUT2D eigenvalue weighted by Crippen LogP contribution is 2.11. The van der Waals surface area contributed by atoms with Crippen LogP contribution in [0.5, 0.6) is 0 Å². The fourth-order valence-corrected chi connectivity index (χ4v) is 1.55. The maximum atomic E-state index is 12.1. The topological polar surface area (TPSA) is 55.1 Å². The van der Waals surface area contributed by atoms with Gasteiger partial charge >= 0.3 is 0 Å². The van der Waals surface area contributed by atoms with Crippen molar-refractivity contribution in [3.8, 4) is 11.8 Å². The number of hydrogen-bond donors (Lipinski definition) is 2. The van der Waals surface area contributed by atoms with Gasteiger partial charge in [0.15, 0.2) is 0 Å². The summed E-state index contributed by atoms with van der Waals surface area (Å²) in [5, 5.41) is 2.99. The molecule has 3 nitrogen and oxygen atoms in total. The second-order valence-corrected chi connectivity index (χ2v) is 5.04. The zero-order chi connectivity index (χ0) is 14.4. The van der Waals surface area contributed by atoms with Gasteiger partial charge in [-0.1, -0.05) is 25.7 Å². The minimum absolute atomic E-state index is 0.0392. The van der Waals surface area contributed by atoms with Gasteiger partial charge in [-0.3, -0.25) is 4.79 Å². The van der Waals surface area contributed by atoms with Crippen molar-refractivity contribution in [2.75, 3.05) is 6.54 Å². The smallest absolute Gasteiger partial charge is 0.251 e. The van der Waals surface area contributed by atoms with E-state index in [2.05, 4.69) is 31.0 Å². The summed E-state index contributed by atoms with van der Waals surface area (Å²) in [6, 6.07) is 5.69. The van der Waals surface area contributed by atoms with Crippen molar-refractivity contribution in [1.29, 1.82) is 0 Å². The second kappa shape index (κ2) is 6.96. The van der Waals surface area contributed by atoms with Crippen molar-refractivity contribution in [3.05, 3.63) is 34.9 Å². The molecule has 102 valence electrons. The van der Waals surface area contributed by atoms with Crippen molar-refractivity contribution < 1.29 is 4.79 Å². The quantitative estimate of drug-likeness (QED) is 0.816. The molecule has 19 heavy (non-hydrogen) atoms. The Hall–Kier alpha value is -1.79. The molecule has 0 heterocycles. The summed E-state index contributed by atoms with van der Waals surface area (Å²) < 4.78 is 0. The number of hydrogen-bond acceptors (Lipinski definition) is 2. The molecule has 3 heteroatoms. The summed E-state index contributed by atoms with van der Waals surface area (Å²) in [6.45, 7) is 8.47. The molecule has 0 aromatic heterocycles. The number of amides is 1. The summed E-state index contributed by atoms with van der Waals surface area (Å²) in [6.07, 6.45) is 0. The Balaban J connectivity index is 2.86. The lowest BCUT2D eigenvalue weighted by atomic mass is 10.0. The van der Waals surface area contributed by atoms with Gasteiger partial charge in [0.1, 0.15) is 0 Å². The van der Waals surface area contributed by atoms with Crippen LogP contribution in [-0.2, 0) is 0 Å². The van der Waals surface area contributed by atoms with Crippen molar-refractivity contribution in [1.82, 2.24) is 5.32 Å². The van der Waals surface area contributed by atoms with Crippen molar-refractivity contribution in [2.24, 2.45) is 11.7 Å². The van der Waals surface area contributed by atoms with Crippen LogP contribution in [0.3, 0.4) is 0 Å². The standard InChI is InChI=1S/C16H22N2O/c1-11(2)13(4)18-16(19)15-8-7-14(6-5-9-17)12(3)10-15/h7-8,10-11,13H,9,17H2,1-4H3,(H,18,19). The molecule has 0 saturated carbocycles. The van der Waals surface area contributed by atoms with E-state index in [9.17, 15) is 4.79 Å². The van der Waals surface area contributed by atoms with Gasteiger partial charge in [0.05, 0.1) is 6.54 Å². The average Bonchev–Trinajstić information content (AvgIpc) is 2.36. The summed E-state index contributed by atoms with van der Waals surface area (Å²) >= 11 is 0. The number of nitrogens with one attached hydrogen (secondary N) is 1. The molecule has 1 amide bonds. The van der Waals surface area contributed by atoms with Crippen LogP contribution in [0.2, 0.25) is 0 Å². The predicted molar refractivity (Wildman–Crippen MR) is 78.9 cm³/mol. The molecule has 1 aromatic rings. The first-order valence-corrected chi connectivity index (χ1v) is 6.56. The van der Waals surface area contributed by atoms with Crippen molar-refractivity contribution >= 4 is 5.91 Å². The fraction of sp³-hybridized carbons (Fsp3) is 0.438. The molecule has 0 bridgehead atoms. The van der Waals surface area contributed by atoms with E-state index in [0.717, 1.165) is 11.1 Å². The molecule has 1 rings (SSSR count). The highest BCUT2D eigenvalue weighted by molar-refractivity contribution is 5.94. The predicted octanol–water partition coefficient (Wildman–Crippen LogP) is 2.08. The molecule has 1 atom stereocenters. The first kappa shape index (κ1) is 15.3. The van der Waals surface area contributed by atoms with Crippen molar-refractivity contribution in [2.45, 2.75) is 33.7 Å². The van der Waals surface area contributed by atoms with Crippen LogP contribution in [-0.4, -0.2) is 18.5 Å². The number of aryl methyl sites for hydroxylation is 1. The van der Waals surface area contributed by atoms with Crippen LogP contribution in [0, 0.1) is 24.7 Å². The lowest BCUT2D eigenvalue weighted by Crippen LogP contribution is -2.36. The summed E-state index contributed by atoms with van der Waals surface area (Å²) in [5.74, 6) is 6.19. The molecular weight excluding hydrogens is 236 g/mol. The number of carbonyl (C=O) groups excluding carboxylic acids is 1.